The lowest BCUT2D eigenvalue weighted by atomic mass is 9.99. The van der Waals surface area contributed by atoms with Crippen LogP contribution in [0.2, 0.25) is 0 Å². The van der Waals surface area contributed by atoms with Crippen LogP contribution in [-0.4, -0.2) is 50.4 Å². The Balaban J connectivity index is 0.000000219. The first-order chi connectivity index (χ1) is 18.9. The number of hydrogen-bond donors (Lipinski definition) is 1. The van der Waals surface area contributed by atoms with Crippen molar-refractivity contribution in [3.8, 4) is 0 Å². The van der Waals surface area contributed by atoms with Crippen molar-refractivity contribution in [1.82, 2.24) is 14.5 Å². The Morgan fingerprint density at radius 2 is 1.57 bits per heavy atom. The molecule has 1 saturated carbocycles. The number of carbonyl (C=O) groups excluding carboxylic acids is 2. The van der Waals surface area contributed by atoms with Gasteiger partial charge in [-0.15, -0.1) is 0 Å². The van der Waals surface area contributed by atoms with Crippen LogP contribution in [0.5, 0.6) is 0 Å². The van der Waals surface area contributed by atoms with Crippen molar-refractivity contribution in [2.24, 2.45) is 17.8 Å². The van der Waals surface area contributed by atoms with E-state index in [-0.39, 0.29) is 46.7 Å². The summed E-state index contributed by atoms with van der Waals surface area (Å²) in [6.07, 6.45) is 5.57. The van der Waals surface area contributed by atoms with Gasteiger partial charge in [0.15, 0.2) is 0 Å². The Hall–Kier alpha value is -3.61. The number of amides is 2. The van der Waals surface area contributed by atoms with Gasteiger partial charge >= 0.3 is 0 Å². The standard InChI is InChI=1S/C23H28N4O2.C10H13N/c1-14(2)26-12-18(24-13-26)21(28)25-10-16-17(11-25)20(16)22(29)27-19-8-6-5-7-15(19)9-23(27,3)4;1-10(2)7-8-5-3-4-6-9(8)11-10/h5-8,12-14,16-17,20H,9-11H2,1-4H3;3-6,11H,7H2,1-2H3/t16-,17+,20?;. The summed E-state index contributed by atoms with van der Waals surface area (Å²) in [6.45, 7) is 14.2. The number of fused-ring (bicyclic) bond motifs is 3. The Morgan fingerprint density at radius 1 is 0.925 bits per heavy atom. The third-order valence-corrected chi connectivity index (χ3v) is 8.99. The minimum atomic E-state index is -0.198. The van der Waals surface area contributed by atoms with E-state index in [2.05, 4.69) is 88.2 Å². The third-order valence-electron chi connectivity index (χ3n) is 8.99. The monoisotopic (exact) mass is 539 g/mol. The van der Waals surface area contributed by atoms with E-state index in [1.54, 1.807) is 6.33 Å². The molecule has 0 radical (unpaired) electrons. The predicted molar refractivity (Wildman–Crippen MR) is 159 cm³/mol. The third kappa shape index (κ3) is 4.69. The smallest absolute Gasteiger partial charge is 0.274 e. The van der Waals surface area contributed by atoms with Crippen LogP contribution in [-0.2, 0) is 17.6 Å². The molecule has 7 rings (SSSR count). The van der Waals surface area contributed by atoms with E-state index >= 15 is 0 Å². The van der Waals surface area contributed by atoms with Gasteiger partial charge in [0.25, 0.3) is 5.91 Å². The molecule has 1 aliphatic carbocycles. The van der Waals surface area contributed by atoms with Crippen molar-refractivity contribution in [1.29, 1.82) is 0 Å². The second-order valence-corrected chi connectivity index (χ2v) is 13.5. The Bertz CT molecular complexity index is 1420. The molecule has 7 heteroatoms. The minimum Gasteiger partial charge on any atom is -0.380 e. The number of rotatable bonds is 3. The average Bonchev–Trinajstić information content (AvgIpc) is 3.37. The van der Waals surface area contributed by atoms with E-state index in [1.807, 2.05) is 32.7 Å². The molecule has 2 amide bonds. The summed E-state index contributed by atoms with van der Waals surface area (Å²) in [7, 11) is 0. The second kappa shape index (κ2) is 9.50. The molecule has 3 atom stereocenters. The molecule has 4 heterocycles. The van der Waals surface area contributed by atoms with E-state index in [0.29, 0.717) is 18.8 Å². The van der Waals surface area contributed by atoms with Crippen LogP contribution in [0.25, 0.3) is 0 Å². The van der Waals surface area contributed by atoms with E-state index in [0.717, 1.165) is 18.5 Å². The molecule has 1 saturated heterocycles. The highest BCUT2D eigenvalue weighted by Gasteiger charge is 2.62. The van der Waals surface area contributed by atoms with E-state index in [4.69, 9.17) is 0 Å². The van der Waals surface area contributed by atoms with Gasteiger partial charge in [-0.25, -0.2) is 4.98 Å². The Morgan fingerprint density at radius 3 is 2.23 bits per heavy atom. The molecule has 4 aliphatic rings. The molecule has 1 unspecified atom stereocenters. The maximum Gasteiger partial charge on any atom is 0.274 e. The highest BCUT2D eigenvalue weighted by atomic mass is 16.2. The zero-order chi connectivity index (χ0) is 28.4. The number of carbonyl (C=O) groups is 2. The summed E-state index contributed by atoms with van der Waals surface area (Å²) in [6, 6.07) is 17.0. The van der Waals surface area contributed by atoms with Crippen molar-refractivity contribution in [3.05, 3.63) is 77.9 Å². The highest BCUT2D eigenvalue weighted by molar-refractivity contribution is 6.01. The summed E-state index contributed by atoms with van der Waals surface area (Å²) in [5.41, 5.74) is 5.60. The van der Waals surface area contributed by atoms with Gasteiger partial charge in [-0.3, -0.25) is 9.59 Å². The van der Waals surface area contributed by atoms with Crippen LogP contribution in [0.4, 0.5) is 11.4 Å². The van der Waals surface area contributed by atoms with E-state index in [9.17, 15) is 9.59 Å². The zero-order valence-electron chi connectivity index (χ0n) is 24.5. The van der Waals surface area contributed by atoms with Gasteiger partial charge < -0.3 is 19.7 Å². The molecular formula is C33H41N5O2. The number of para-hydroxylation sites is 2. The van der Waals surface area contributed by atoms with Crippen LogP contribution >= 0.6 is 0 Å². The molecule has 2 fully saturated rings. The number of anilines is 2. The van der Waals surface area contributed by atoms with Crippen LogP contribution < -0.4 is 10.2 Å². The number of hydrogen-bond acceptors (Lipinski definition) is 4. The molecule has 1 aromatic heterocycles. The lowest BCUT2D eigenvalue weighted by molar-refractivity contribution is -0.121. The molecule has 2 aromatic carbocycles. The molecule has 0 spiro atoms. The van der Waals surface area contributed by atoms with Crippen LogP contribution in [0.15, 0.2) is 61.1 Å². The summed E-state index contributed by atoms with van der Waals surface area (Å²) in [4.78, 5) is 34.4. The summed E-state index contributed by atoms with van der Waals surface area (Å²) in [5.74, 6) is 0.808. The number of imidazole rings is 1. The molecule has 3 aliphatic heterocycles. The van der Waals surface area contributed by atoms with E-state index in [1.165, 1.54) is 16.8 Å². The van der Waals surface area contributed by atoms with Crippen molar-refractivity contribution in [2.45, 2.75) is 71.5 Å². The van der Waals surface area contributed by atoms with Crippen molar-refractivity contribution in [3.63, 3.8) is 0 Å². The predicted octanol–water partition coefficient (Wildman–Crippen LogP) is 5.58. The fraction of sp³-hybridized carbons (Fsp3) is 0.485. The quantitative estimate of drug-likeness (QED) is 0.472. The number of aromatic nitrogens is 2. The van der Waals surface area contributed by atoms with Crippen molar-refractivity contribution >= 4 is 23.2 Å². The molecule has 210 valence electrons. The average molecular weight is 540 g/mol. The van der Waals surface area contributed by atoms with Gasteiger partial charge in [0.2, 0.25) is 5.91 Å². The zero-order valence-corrected chi connectivity index (χ0v) is 24.5. The SMILES string of the molecule is CC(C)n1cnc(C(=O)N2C[C@@H]3C(C(=O)N4c5ccccc5CC4(C)C)[C@@H]3C2)c1.CC1(C)Cc2ccccc2N1. The summed E-state index contributed by atoms with van der Waals surface area (Å²) < 4.78 is 1.95. The van der Waals surface area contributed by atoms with Crippen molar-refractivity contribution < 1.29 is 9.59 Å². The van der Waals surface area contributed by atoms with Gasteiger partial charge in [0.1, 0.15) is 5.69 Å². The topological polar surface area (TPSA) is 70.5 Å². The molecular weight excluding hydrogens is 498 g/mol. The largest absolute Gasteiger partial charge is 0.380 e. The minimum absolute atomic E-state index is 0.0188. The highest BCUT2D eigenvalue weighted by Crippen LogP contribution is 2.54. The number of nitrogens with one attached hydrogen (secondary N) is 1. The number of likely N-dealkylation sites (tertiary alicyclic amines) is 1. The van der Waals surface area contributed by atoms with Gasteiger partial charge in [-0.05, 0) is 89.5 Å². The lowest BCUT2D eigenvalue weighted by Gasteiger charge is -2.33. The number of nitrogens with zero attached hydrogens (tertiary/aromatic N) is 4. The molecule has 40 heavy (non-hydrogen) atoms. The molecule has 7 nitrogen and oxygen atoms in total. The summed E-state index contributed by atoms with van der Waals surface area (Å²) >= 11 is 0. The first-order valence-corrected chi connectivity index (χ1v) is 14.6. The van der Waals surface area contributed by atoms with Gasteiger partial charge in [0.05, 0.1) is 6.33 Å². The number of benzene rings is 2. The Labute approximate surface area is 237 Å². The van der Waals surface area contributed by atoms with Crippen LogP contribution in [0.3, 0.4) is 0 Å². The van der Waals surface area contributed by atoms with Gasteiger partial charge in [-0.1, -0.05) is 36.4 Å². The normalized spacial score (nSPS) is 24.5. The van der Waals surface area contributed by atoms with E-state index < -0.39 is 0 Å². The molecule has 0 bridgehead atoms. The number of piperidine rings is 1. The van der Waals surface area contributed by atoms with Crippen molar-refractivity contribution in [2.75, 3.05) is 23.3 Å². The first-order valence-electron chi connectivity index (χ1n) is 14.6. The molecule has 1 N–H and O–H groups in total. The van der Waals surface area contributed by atoms with Gasteiger partial charge in [-0.2, -0.15) is 0 Å². The fourth-order valence-electron chi connectivity index (χ4n) is 6.95. The van der Waals surface area contributed by atoms with Crippen LogP contribution in [0, 0.1) is 17.8 Å². The molecule has 3 aromatic rings. The summed E-state index contributed by atoms with van der Waals surface area (Å²) in [5, 5.41) is 3.47. The fourth-order valence-corrected chi connectivity index (χ4v) is 6.95. The van der Waals surface area contributed by atoms with Crippen LogP contribution in [0.1, 0.15) is 69.2 Å². The second-order valence-electron chi connectivity index (χ2n) is 13.5. The maximum absolute atomic E-state index is 13.4. The maximum atomic E-state index is 13.4. The first kappa shape index (κ1) is 26.6. The lowest BCUT2D eigenvalue weighted by Crippen LogP contribution is -2.47. The van der Waals surface area contributed by atoms with Gasteiger partial charge in [0, 0.05) is 53.7 Å². The Kier molecular flexibility index (Phi) is 6.32.